The fourth-order valence-electron chi connectivity index (χ4n) is 3.25. The Morgan fingerprint density at radius 3 is 1.94 bits per heavy atom. The zero-order chi connectivity index (χ0) is 27.4. The maximum atomic E-state index is 13.5. The van der Waals surface area contributed by atoms with Crippen molar-refractivity contribution in [1.29, 1.82) is 0 Å². The van der Waals surface area contributed by atoms with Crippen molar-refractivity contribution in [2.24, 2.45) is 0 Å². The van der Waals surface area contributed by atoms with Gasteiger partial charge in [-0.25, -0.2) is 4.98 Å². The van der Waals surface area contributed by atoms with Gasteiger partial charge in [0.1, 0.15) is 5.69 Å². The van der Waals surface area contributed by atoms with E-state index in [0.717, 1.165) is 6.07 Å². The van der Waals surface area contributed by atoms with Crippen molar-refractivity contribution in [2.75, 3.05) is 33.0 Å². The molecule has 0 N–H and O–H groups in total. The van der Waals surface area contributed by atoms with Crippen LogP contribution in [0.1, 0.15) is 66.3 Å². The highest BCUT2D eigenvalue weighted by Gasteiger charge is 2.52. The summed E-state index contributed by atoms with van der Waals surface area (Å²) in [4.78, 5) is 3.83. The molecule has 6 nitrogen and oxygen atoms in total. The van der Waals surface area contributed by atoms with E-state index in [9.17, 15) is 13.2 Å². The summed E-state index contributed by atoms with van der Waals surface area (Å²) in [6.45, 7) is 20.8. The first-order valence-corrected chi connectivity index (χ1v) is 15.5. The van der Waals surface area contributed by atoms with Crippen molar-refractivity contribution in [3.63, 3.8) is 0 Å². The van der Waals surface area contributed by atoms with Gasteiger partial charge in [-0.15, -0.1) is 0 Å². The Bertz CT molecular complexity index is 843. The van der Waals surface area contributed by atoms with E-state index in [2.05, 4.69) is 38.8 Å². The molecular weight excluding hydrogens is 490 g/mol. The van der Waals surface area contributed by atoms with Crippen LogP contribution in [-0.2, 0) is 35.8 Å². The average molecular weight is 534 g/mol. The van der Waals surface area contributed by atoms with Gasteiger partial charge in [-0.05, 0) is 76.3 Å². The summed E-state index contributed by atoms with van der Waals surface area (Å²) >= 11 is 0. The topological polar surface area (TPSA) is 59.0 Å². The number of ether oxygens (including phenoxy) is 2. The maximum absolute atomic E-state index is 13.5. The molecule has 1 saturated heterocycles. The molecule has 0 unspecified atom stereocenters. The van der Waals surface area contributed by atoms with E-state index in [1.807, 2.05) is 27.7 Å². The fourth-order valence-corrected chi connectivity index (χ4v) is 4.28. The summed E-state index contributed by atoms with van der Waals surface area (Å²) < 4.78 is 69.6. The molecule has 0 spiro atoms. The van der Waals surface area contributed by atoms with Crippen LogP contribution in [-0.4, -0.2) is 64.7 Å². The third-order valence-corrected chi connectivity index (χ3v) is 11.8. The van der Waals surface area contributed by atoms with Gasteiger partial charge in [0, 0.05) is 12.3 Å². The molecule has 0 radical (unpaired) electrons. The van der Waals surface area contributed by atoms with E-state index < -0.39 is 38.5 Å². The SMILES string of the molecule is CC1(C)OB(c2cc(CCCOCCOCCO[Si](C)(C)C(C)(C)C)nc(C(F)(F)F)c2)OC1(C)C. The van der Waals surface area contributed by atoms with E-state index in [1.165, 1.54) is 0 Å². The quantitative estimate of drug-likeness (QED) is 0.265. The normalized spacial score (nSPS) is 18.2. The van der Waals surface area contributed by atoms with Crippen LogP contribution in [0.2, 0.25) is 18.1 Å². The van der Waals surface area contributed by atoms with Crippen molar-refractivity contribution < 1.29 is 36.4 Å². The van der Waals surface area contributed by atoms with Gasteiger partial charge in [-0.2, -0.15) is 13.2 Å². The second kappa shape index (κ2) is 11.8. The third-order valence-electron chi connectivity index (χ3n) is 7.31. The lowest BCUT2D eigenvalue weighted by Gasteiger charge is -2.36. The largest absolute Gasteiger partial charge is 0.494 e. The molecule has 11 heteroatoms. The molecule has 36 heavy (non-hydrogen) atoms. The van der Waals surface area contributed by atoms with Crippen LogP contribution >= 0.6 is 0 Å². The van der Waals surface area contributed by atoms with Gasteiger partial charge in [-0.3, -0.25) is 0 Å². The van der Waals surface area contributed by atoms with Crippen LogP contribution < -0.4 is 5.46 Å². The average Bonchev–Trinajstić information content (AvgIpc) is 2.94. The summed E-state index contributed by atoms with van der Waals surface area (Å²) in [5, 5.41) is 0.162. The number of hydrogen-bond donors (Lipinski definition) is 0. The molecule has 0 atom stereocenters. The molecule has 0 aromatic carbocycles. The van der Waals surface area contributed by atoms with E-state index in [4.69, 9.17) is 23.2 Å². The Morgan fingerprint density at radius 2 is 1.42 bits per heavy atom. The van der Waals surface area contributed by atoms with Gasteiger partial charge >= 0.3 is 13.3 Å². The zero-order valence-electron chi connectivity index (χ0n) is 23.3. The second-order valence-electron chi connectivity index (χ2n) is 11.8. The van der Waals surface area contributed by atoms with Crippen LogP contribution in [0, 0.1) is 0 Å². The summed E-state index contributed by atoms with van der Waals surface area (Å²) in [6, 6.07) is 2.64. The number of rotatable bonds is 12. The third kappa shape index (κ3) is 8.53. The lowest BCUT2D eigenvalue weighted by Crippen LogP contribution is -2.41. The molecule has 2 heterocycles. The molecule has 0 bridgehead atoms. The molecule has 1 aromatic rings. The van der Waals surface area contributed by atoms with Crippen LogP contribution in [0.4, 0.5) is 13.2 Å². The summed E-state index contributed by atoms with van der Waals surface area (Å²) in [6.07, 6.45) is -3.68. The number of aryl methyl sites for hydroxylation is 1. The van der Waals surface area contributed by atoms with E-state index in [0.29, 0.717) is 57.0 Å². The molecule has 0 saturated carbocycles. The number of nitrogens with zero attached hydrogens (tertiary/aromatic N) is 1. The highest BCUT2D eigenvalue weighted by atomic mass is 28.4. The Morgan fingerprint density at radius 1 is 0.889 bits per heavy atom. The Balaban J connectivity index is 1.79. The molecular formula is C25H43BF3NO5Si. The van der Waals surface area contributed by atoms with Crippen LogP contribution in [0.15, 0.2) is 12.1 Å². The smallest absolute Gasteiger partial charge is 0.414 e. The van der Waals surface area contributed by atoms with E-state index >= 15 is 0 Å². The van der Waals surface area contributed by atoms with Crippen molar-refractivity contribution >= 4 is 20.9 Å². The number of halogens is 3. The molecule has 0 amide bonds. The highest BCUT2D eigenvalue weighted by molar-refractivity contribution is 6.74. The summed E-state index contributed by atoms with van der Waals surface area (Å²) in [5.41, 5.74) is -1.59. The second-order valence-corrected chi connectivity index (χ2v) is 16.6. The number of hydrogen-bond acceptors (Lipinski definition) is 6. The summed E-state index contributed by atoms with van der Waals surface area (Å²) in [5.74, 6) is 0. The van der Waals surface area contributed by atoms with E-state index in [-0.39, 0.29) is 5.04 Å². The van der Waals surface area contributed by atoms with Crippen molar-refractivity contribution in [2.45, 2.75) is 96.8 Å². The van der Waals surface area contributed by atoms with Gasteiger partial charge < -0.3 is 23.2 Å². The first-order valence-electron chi connectivity index (χ1n) is 12.6. The Kier molecular flexibility index (Phi) is 10.3. The molecule has 1 aliphatic heterocycles. The lowest BCUT2D eigenvalue weighted by atomic mass is 9.78. The molecule has 2 rings (SSSR count). The first-order chi connectivity index (χ1) is 16.4. The molecule has 206 valence electrons. The predicted octanol–water partition coefficient (Wildman–Crippen LogP) is 5.39. The van der Waals surface area contributed by atoms with Gasteiger partial charge in [0.15, 0.2) is 8.32 Å². The molecule has 1 aliphatic rings. The maximum Gasteiger partial charge on any atom is 0.494 e. The molecule has 1 aromatic heterocycles. The summed E-state index contributed by atoms with van der Waals surface area (Å²) in [7, 11) is -2.65. The Hall–Kier alpha value is -0.978. The van der Waals surface area contributed by atoms with Crippen LogP contribution in [0.3, 0.4) is 0 Å². The van der Waals surface area contributed by atoms with Gasteiger partial charge in [0.2, 0.25) is 0 Å². The standard InChI is InChI=1S/C25H43BF3NO5Si/c1-22(2,3)36(8,9)33-16-15-32-14-13-31-12-10-11-20-17-19(18-21(30-20)25(27,28)29)26-34-23(4,5)24(6,7)35-26/h17-18H,10-16H2,1-9H3. The van der Waals surface area contributed by atoms with Crippen LogP contribution in [0.5, 0.6) is 0 Å². The van der Waals surface area contributed by atoms with Crippen molar-refractivity contribution in [3.8, 4) is 0 Å². The minimum atomic E-state index is -4.56. The minimum Gasteiger partial charge on any atom is -0.414 e. The minimum absolute atomic E-state index is 0.162. The fraction of sp³-hybridized carbons (Fsp3) is 0.800. The number of alkyl halides is 3. The van der Waals surface area contributed by atoms with Crippen molar-refractivity contribution in [1.82, 2.24) is 4.98 Å². The van der Waals surface area contributed by atoms with Gasteiger partial charge in [-0.1, -0.05) is 20.8 Å². The monoisotopic (exact) mass is 533 g/mol. The predicted molar refractivity (Wildman–Crippen MR) is 138 cm³/mol. The van der Waals surface area contributed by atoms with Gasteiger partial charge in [0.25, 0.3) is 0 Å². The van der Waals surface area contributed by atoms with Gasteiger partial charge in [0.05, 0.1) is 37.6 Å². The number of pyridine rings is 1. The zero-order valence-corrected chi connectivity index (χ0v) is 24.3. The highest BCUT2D eigenvalue weighted by Crippen LogP contribution is 2.37. The molecule has 1 fully saturated rings. The Labute approximate surface area is 215 Å². The lowest BCUT2D eigenvalue weighted by molar-refractivity contribution is -0.141. The number of aromatic nitrogens is 1. The molecule has 0 aliphatic carbocycles. The van der Waals surface area contributed by atoms with Crippen molar-refractivity contribution in [3.05, 3.63) is 23.5 Å². The first kappa shape index (κ1) is 31.2. The van der Waals surface area contributed by atoms with Crippen LogP contribution in [0.25, 0.3) is 0 Å². The van der Waals surface area contributed by atoms with E-state index in [1.54, 1.807) is 6.07 Å².